The number of rotatable bonds is 5. The van der Waals surface area contributed by atoms with Gasteiger partial charge in [-0.2, -0.15) is 0 Å². The van der Waals surface area contributed by atoms with Gasteiger partial charge in [0.15, 0.2) is 11.5 Å². The number of nitrogens with zero attached hydrogens (tertiary/aromatic N) is 4. The van der Waals surface area contributed by atoms with Crippen LogP contribution in [0.1, 0.15) is 24.2 Å². The van der Waals surface area contributed by atoms with Gasteiger partial charge in [-0.25, -0.2) is 14.2 Å². The first-order valence-corrected chi connectivity index (χ1v) is 9.12. The molecule has 0 unspecified atom stereocenters. The molecule has 8 nitrogen and oxygen atoms in total. The maximum Gasteiger partial charge on any atom is 0.344 e. The molecule has 0 fully saturated rings. The normalized spacial score (nSPS) is 10.7. The number of benzene rings is 1. The fraction of sp³-hybridized carbons (Fsp3) is 0.235. The summed E-state index contributed by atoms with van der Waals surface area (Å²) in [4.78, 5) is 28.6. The van der Waals surface area contributed by atoms with Crippen molar-refractivity contribution in [1.82, 2.24) is 19.6 Å². The molecule has 0 saturated carbocycles. The number of hydrogen-bond donors (Lipinski definition) is 1. The average Bonchev–Trinajstić information content (AvgIpc) is 3.07. The van der Waals surface area contributed by atoms with Crippen molar-refractivity contribution in [2.75, 3.05) is 18.2 Å². The molecule has 1 aromatic carbocycles. The number of nitrogens with one attached hydrogen (secondary N) is 1. The minimum Gasteiger partial charge on any atom is -0.462 e. The van der Waals surface area contributed by atoms with Crippen molar-refractivity contribution in [3.63, 3.8) is 0 Å². The number of thioether (sulfide) groups is 1. The van der Waals surface area contributed by atoms with Gasteiger partial charge in [-0.3, -0.25) is 10.1 Å². The number of anilines is 1. The number of carbonyl (C=O) groups excluding carboxylic acids is 2. The van der Waals surface area contributed by atoms with Gasteiger partial charge in [0.1, 0.15) is 10.6 Å². The maximum absolute atomic E-state index is 12.5. The Morgan fingerprint density at radius 1 is 1.23 bits per heavy atom. The average molecular weight is 371 g/mol. The second-order valence-corrected chi connectivity index (χ2v) is 6.06. The van der Waals surface area contributed by atoms with Gasteiger partial charge in [-0.15, -0.1) is 22.0 Å². The van der Waals surface area contributed by atoms with Crippen LogP contribution in [0.4, 0.5) is 5.95 Å². The lowest BCUT2D eigenvalue weighted by atomic mass is 10.2. The second-order valence-electron chi connectivity index (χ2n) is 5.27. The predicted octanol–water partition coefficient (Wildman–Crippen LogP) is 2.65. The number of ether oxygens (including phenoxy) is 1. The van der Waals surface area contributed by atoms with Crippen LogP contribution in [-0.2, 0) is 9.53 Å². The van der Waals surface area contributed by atoms with Crippen LogP contribution in [0.3, 0.4) is 0 Å². The molecular formula is C17H17N5O3S. The molecule has 2 aromatic heterocycles. The summed E-state index contributed by atoms with van der Waals surface area (Å²) >= 11 is 1.27. The summed E-state index contributed by atoms with van der Waals surface area (Å²) in [6.45, 7) is 3.34. The molecule has 1 N–H and O–H groups in total. The lowest BCUT2D eigenvalue weighted by Crippen LogP contribution is -2.16. The van der Waals surface area contributed by atoms with Gasteiger partial charge in [0.05, 0.1) is 6.61 Å². The molecule has 0 aliphatic rings. The third-order valence-corrected chi connectivity index (χ3v) is 4.19. The van der Waals surface area contributed by atoms with Crippen molar-refractivity contribution < 1.29 is 14.3 Å². The fourth-order valence-electron chi connectivity index (χ4n) is 2.49. The van der Waals surface area contributed by atoms with Crippen molar-refractivity contribution in [3.05, 3.63) is 35.9 Å². The van der Waals surface area contributed by atoms with Crippen molar-refractivity contribution >= 4 is 35.2 Å². The molecule has 0 aliphatic carbocycles. The summed E-state index contributed by atoms with van der Waals surface area (Å²) in [5.74, 6) is -0.109. The summed E-state index contributed by atoms with van der Waals surface area (Å²) < 4.78 is 6.71. The van der Waals surface area contributed by atoms with Crippen LogP contribution in [0.15, 0.2) is 35.4 Å². The summed E-state index contributed by atoms with van der Waals surface area (Å²) in [5.41, 5.74) is 1.29. The SMILES string of the molecule is CCOC(=O)c1c(SC)nc(NC(C)=O)n2c(-c3ccccc3)nnc12. The Hall–Kier alpha value is -2.94. The van der Waals surface area contributed by atoms with E-state index >= 15 is 0 Å². The van der Waals surface area contributed by atoms with Gasteiger partial charge in [0.25, 0.3) is 0 Å². The first-order valence-electron chi connectivity index (χ1n) is 7.90. The molecule has 2 heterocycles. The third kappa shape index (κ3) is 3.25. The fourth-order valence-corrected chi connectivity index (χ4v) is 3.05. The zero-order valence-corrected chi connectivity index (χ0v) is 15.3. The van der Waals surface area contributed by atoms with Crippen molar-refractivity contribution in [1.29, 1.82) is 0 Å². The second kappa shape index (κ2) is 7.52. The highest BCUT2D eigenvalue weighted by Crippen LogP contribution is 2.29. The Labute approximate surface area is 154 Å². The monoisotopic (exact) mass is 371 g/mol. The van der Waals surface area contributed by atoms with Crippen molar-refractivity contribution in [3.8, 4) is 11.4 Å². The molecule has 0 saturated heterocycles. The number of fused-ring (bicyclic) bond motifs is 1. The van der Waals surface area contributed by atoms with Crippen LogP contribution in [-0.4, -0.2) is 44.3 Å². The Morgan fingerprint density at radius 2 is 1.96 bits per heavy atom. The van der Waals surface area contributed by atoms with E-state index in [-0.39, 0.29) is 29.7 Å². The van der Waals surface area contributed by atoms with E-state index in [2.05, 4.69) is 20.5 Å². The van der Waals surface area contributed by atoms with Gasteiger partial charge in [-0.1, -0.05) is 30.3 Å². The molecule has 0 atom stereocenters. The third-order valence-electron chi connectivity index (χ3n) is 3.51. The van der Waals surface area contributed by atoms with Gasteiger partial charge in [-0.05, 0) is 13.2 Å². The van der Waals surface area contributed by atoms with Crippen molar-refractivity contribution in [2.45, 2.75) is 18.9 Å². The van der Waals surface area contributed by atoms with Crippen LogP contribution >= 0.6 is 11.8 Å². The van der Waals surface area contributed by atoms with Crippen LogP contribution in [0, 0.1) is 0 Å². The highest BCUT2D eigenvalue weighted by Gasteiger charge is 2.25. The van der Waals surface area contributed by atoms with E-state index in [4.69, 9.17) is 4.74 Å². The number of amides is 1. The highest BCUT2D eigenvalue weighted by molar-refractivity contribution is 7.98. The van der Waals surface area contributed by atoms with Gasteiger partial charge in [0.2, 0.25) is 11.9 Å². The van der Waals surface area contributed by atoms with E-state index < -0.39 is 5.97 Å². The highest BCUT2D eigenvalue weighted by atomic mass is 32.2. The van der Waals surface area contributed by atoms with Gasteiger partial charge < -0.3 is 4.74 Å². The first kappa shape index (κ1) is 17.9. The molecule has 26 heavy (non-hydrogen) atoms. The van der Waals surface area contributed by atoms with Crippen LogP contribution in [0.2, 0.25) is 0 Å². The van der Waals surface area contributed by atoms with E-state index in [1.54, 1.807) is 17.6 Å². The smallest absolute Gasteiger partial charge is 0.344 e. The molecule has 0 radical (unpaired) electrons. The number of hydrogen-bond acceptors (Lipinski definition) is 7. The number of aromatic nitrogens is 4. The number of esters is 1. The van der Waals surface area contributed by atoms with Crippen LogP contribution in [0.5, 0.6) is 0 Å². The molecule has 0 spiro atoms. The van der Waals surface area contributed by atoms with Crippen LogP contribution in [0.25, 0.3) is 17.0 Å². The molecular weight excluding hydrogens is 354 g/mol. The quantitative estimate of drug-likeness (QED) is 0.418. The Bertz CT molecular complexity index is 971. The summed E-state index contributed by atoms with van der Waals surface area (Å²) in [6, 6.07) is 9.34. The molecule has 0 aliphatic heterocycles. The Kier molecular flexibility index (Phi) is 5.17. The maximum atomic E-state index is 12.5. The van der Waals surface area contributed by atoms with E-state index in [9.17, 15) is 9.59 Å². The van der Waals surface area contributed by atoms with Crippen molar-refractivity contribution in [2.24, 2.45) is 0 Å². The zero-order chi connectivity index (χ0) is 18.7. The van der Waals surface area contributed by atoms with E-state index in [0.717, 1.165) is 5.56 Å². The van der Waals surface area contributed by atoms with E-state index in [0.29, 0.717) is 10.9 Å². The van der Waals surface area contributed by atoms with Crippen LogP contribution < -0.4 is 5.32 Å². The molecule has 0 bridgehead atoms. The first-order chi connectivity index (χ1) is 12.6. The van der Waals surface area contributed by atoms with Gasteiger partial charge in [0, 0.05) is 12.5 Å². The summed E-state index contributed by atoms with van der Waals surface area (Å²) in [5, 5.41) is 11.5. The lowest BCUT2D eigenvalue weighted by molar-refractivity contribution is -0.114. The largest absolute Gasteiger partial charge is 0.462 e. The summed E-state index contributed by atoms with van der Waals surface area (Å²) in [6.07, 6.45) is 1.79. The molecule has 9 heteroatoms. The lowest BCUT2D eigenvalue weighted by Gasteiger charge is -2.12. The Morgan fingerprint density at radius 3 is 2.58 bits per heavy atom. The minimum atomic E-state index is -0.532. The predicted molar refractivity (Wildman–Crippen MR) is 98.3 cm³/mol. The van der Waals surface area contributed by atoms with E-state index in [1.807, 2.05) is 30.3 Å². The zero-order valence-electron chi connectivity index (χ0n) is 14.5. The molecule has 134 valence electrons. The molecule has 3 rings (SSSR count). The summed E-state index contributed by atoms with van der Waals surface area (Å²) in [7, 11) is 0. The standard InChI is InChI=1S/C17H17N5O3S/c1-4-25-16(24)12-14-21-20-13(11-8-6-5-7-9-11)22(14)17(18-10(2)23)19-15(12)26-3/h5-9H,4H2,1-3H3,(H,18,19,23). The minimum absolute atomic E-state index is 0.225. The molecule has 3 aromatic rings. The molecule has 1 amide bonds. The van der Waals surface area contributed by atoms with Gasteiger partial charge >= 0.3 is 5.97 Å². The topological polar surface area (TPSA) is 98.5 Å². The van der Waals surface area contributed by atoms with E-state index in [1.165, 1.54) is 18.7 Å². The Balaban J connectivity index is 2.34. The number of carbonyl (C=O) groups is 2.